The van der Waals surface area contributed by atoms with Crippen LogP contribution in [-0.4, -0.2) is 36.5 Å². The van der Waals surface area contributed by atoms with Gasteiger partial charge in [0.05, 0.1) is 12.8 Å². The summed E-state index contributed by atoms with van der Waals surface area (Å²) in [5, 5.41) is 2.71. The summed E-state index contributed by atoms with van der Waals surface area (Å²) in [6, 6.07) is 15.1. The van der Waals surface area contributed by atoms with Crippen LogP contribution >= 0.6 is 0 Å². The summed E-state index contributed by atoms with van der Waals surface area (Å²) in [7, 11) is 1.63. The van der Waals surface area contributed by atoms with Crippen LogP contribution in [0.2, 0.25) is 0 Å². The minimum Gasteiger partial charge on any atom is -0.497 e. The number of para-hydroxylation sites is 2. The number of nitrogens with zero attached hydrogens (tertiary/aromatic N) is 1. The van der Waals surface area contributed by atoms with Gasteiger partial charge in [0.25, 0.3) is 5.91 Å². The molecule has 6 nitrogen and oxygen atoms in total. The van der Waals surface area contributed by atoms with E-state index >= 15 is 0 Å². The Hall–Kier alpha value is -3.02. The summed E-state index contributed by atoms with van der Waals surface area (Å²) in [6.07, 6.45) is 2.04. The third kappa shape index (κ3) is 5.23. The SMILES string of the molecule is COc1ccc(CN(C(=O)COc2ccccc2NC(C)=O)C2CC2)cc1. The third-order valence-corrected chi connectivity index (χ3v) is 4.37. The van der Waals surface area contributed by atoms with Gasteiger partial charge in [0, 0.05) is 19.5 Å². The maximum Gasteiger partial charge on any atom is 0.261 e. The fourth-order valence-electron chi connectivity index (χ4n) is 2.84. The Morgan fingerprint density at radius 3 is 2.44 bits per heavy atom. The van der Waals surface area contributed by atoms with Crippen molar-refractivity contribution in [1.29, 1.82) is 0 Å². The van der Waals surface area contributed by atoms with Crippen LogP contribution in [0.25, 0.3) is 0 Å². The highest BCUT2D eigenvalue weighted by atomic mass is 16.5. The molecule has 0 unspecified atom stereocenters. The number of ether oxygens (including phenoxy) is 2. The van der Waals surface area contributed by atoms with Gasteiger partial charge in [-0.25, -0.2) is 0 Å². The van der Waals surface area contributed by atoms with Crippen molar-refractivity contribution in [3.05, 3.63) is 54.1 Å². The molecule has 3 rings (SSSR count). The number of methoxy groups -OCH3 is 1. The van der Waals surface area contributed by atoms with Crippen molar-refractivity contribution in [2.75, 3.05) is 19.0 Å². The van der Waals surface area contributed by atoms with Crippen LogP contribution in [0.15, 0.2) is 48.5 Å². The molecule has 0 spiro atoms. The van der Waals surface area contributed by atoms with Crippen LogP contribution in [0.4, 0.5) is 5.69 Å². The maximum atomic E-state index is 12.7. The first-order valence-electron chi connectivity index (χ1n) is 8.98. The summed E-state index contributed by atoms with van der Waals surface area (Å²) in [6.45, 7) is 1.92. The molecule has 0 radical (unpaired) electrons. The van der Waals surface area contributed by atoms with Crippen LogP contribution in [0.5, 0.6) is 11.5 Å². The average molecular weight is 368 g/mol. The van der Waals surface area contributed by atoms with Gasteiger partial charge in [-0.15, -0.1) is 0 Å². The number of amides is 2. The quantitative estimate of drug-likeness (QED) is 0.777. The molecule has 142 valence electrons. The van der Waals surface area contributed by atoms with E-state index in [2.05, 4.69) is 5.32 Å². The fourth-order valence-corrected chi connectivity index (χ4v) is 2.84. The van der Waals surface area contributed by atoms with Crippen LogP contribution in [-0.2, 0) is 16.1 Å². The minimum atomic E-state index is -0.184. The Bertz CT molecular complexity index is 800. The van der Waals surface area contributed by atoms with Crippen molar-refractivity contribution < 1.29 is 19.1 Å². The van der Waals surface area contributed by atoms with Gasteiger partial charge in [0.15, 0.2) is 6.61 Å². The van der Waals surface area contributed by atoms with Crippen molar-refractivity contribution in [2.24, 2.45) is 0 Å². The lowest BCUT2D eigenvalue weighted by Gasteiger charge is -2.23. The predicted molar refractivity (Wildman–Crippen MR) is 103 cm³/mol. The van der Waals surface area contributed by atoms with E-state index in [0.29, 0.717) is 18.0 Å². The molecule has 0 aliphatic heterocycles. The lowest BCUT2D eigenvalue weighted by atomic mass is 10.2. The van der Waals surface area contributed by atoms with E-state index in [9.17, 15) is 9.59 Å². The minimum absolute atomic E-state index is 0.0639. The van der Waals surface area contributed by atoms with E-state index < -0.39 is 0 Å². The van der Waals surface area contributed by atoms with Gasteiger partial charge in [0.1, 0.15) is 11.5 Å². The Balaban J connectivity index is 1.63. The van der Waals surface area contributed by atoms with Gasteiger partial charge in [-0.05, 0) is 42.7 Å². The van der Waals surface area contributed by atoms with E-state index in [0.717, 1.165) is 24.2 Å². The fraction of sp³-hybridized carbons (Fsp3) is 0.333. The van der Waals surface area contributed by atoms with Crippen LogP contribution in [0.1, 0.15) is 25.3 Å². The summed E-state index contributed by atoms with van der Waals surface area (Å²) in [5.41, 5.74) is 1.61. The highest BCUT2D eigenvalue weighted by Gasteiger charge is 2.32. The summed E-state index contributed by atoms with van der Waals surface area (Å²) in [4.78, 5) is 25.9. The Morgan fingerprint density at radius 2 is 1.81 bits per heavy atom. The Morgan fingerprint density at radius 1 is 1.11 bits per heavy atom. The number of carbonyl (C=O) groups excluding carboxylic acids is 2. The molecule has 1 saturated carbocycles. The van der Waals surface area contributed by atoms with Gasteiger partial charge in [-0.1, -0.05) is 24.3 Å². The Kier molecular flexibility index (Phi) is 5.96. The molecule has 2 aromatic carbocycles. The molecular formula is C21H24N2O4. The van der Waals surface area contributed by atoms with Crippen LogP contribution < -0.4 is 14.8 Å². The molecule has 6 heteroatoms. The molecule has 27 heavy (non-hydrogen) atoms. The van der Waals surface area contributed by atoms with E-state index in [4.69, 9.17) is 9.47 Å². The first kappa shape index (κ1) is 18.8. The van der Waals surface area contributed by atoms with Crippen LogP contribution in [0, 0.1) is 0 Å². The number of rotatable bonds is 8. The highest BCUT2D eigenvalue weighted by molar-refractivity contribution is 5.90. The molecular weight excluding hydrogens is 344 g/mol. The molecule has 0 aromatic heterocycles. The van der Waals surface area contributed by atoms with E-state index in [1.165, 1.54) is 6.92 Å². The van der Waals surface area contributed by atoms with E-state index in [-0.39, 0.29) is 24.5 Å². The van der Waals surface area contributed by atoms with Crippen LogP contribution in [0.3, 0.4) is 0 Å². The summed E-state index contributed by atoms with van der Waals surface area (Å²) >= 11 is 0. The Labute approximate surface area is 159 Å². The standard InChI is InChI=1S/C21H24N2O4/c1-15(24)22-19-5-3-4-6-20(19)27-14-21(25)23(17-9-10-17)13-16-7-11-18(26-2)12-8-16/h3-8,11-12,17H,9-10,13-14H2,1-2H3,(H,22,24). The number of hydrogen-bond donors (Lipinski definition) is 1. The van der Waals surface area contributed by atoms with Crippen molar-refractivity contribution in [2.45, 2.75) is 32.4 Å². The molecule has 1 N–H and O–H groups in total. The van der Waals surface area contributed by atoms with Gasteiger partial charge in [-0.3, -0.25) is 9.59 Å². The average Bonchev–Trinajstić information content (AvgIpc) is 3.50. The molecule has 0 saturated heterocycles. The smallest absolute Gasteiger partial charge is 0.261 e. The van der Waals surface area contributed by atoms with Gasteiger partial charge < -0.3 is 19.7 Å². The largest absolute Gasteiger partial charge is 0.497 e. The third-order valence-electron chi connectivity index (χ3n) is 4.37. The normalized spacial score (nSPS) is 13.0. The number of carbonyl (C=O) groups is 2. The van der Waals surface area contributed by atoms with Crippen molar-refractivity contribution in [3.63, 3.8) is 0 Å². The second-order valence-corrected chi connectivity index (χ2v) is 6.57. The molecule has 0 bridgehead atoms. The monoisotopic (exact) mass is 368 g/mol. The predicted octanol–water partition coefficient (Wildman–Crippen LogP) is 3.22. The number of benzene rings is 2. The zero-order valence-corrected chi connectivity index (χ0v) is 15.6. The van der Waals surface area contributed by atoms with Gasteiger partial charge >= 0.3 is 0 Å². The molecule has 2 amide bonds. The summed E-state index contributed by atoms with van der Waals surface area (Å²) in [5.74, 6) is 1.03. The zero-order chi connectivity index (χ0) is 19.2. The molecule has 0 atom stereocenters. The van der Waals surface area contributed by atoms with Gasteiger partial charge in [0.2, 0.25) is 5.91 Å². The molecule has 1 fully saturated rings. The zero-order valence-electron chi connectivity index (χ0n) is 15.6. The van der Waals surface area contributed by atoms with E-state index in [1.807, 2.05) is 29.2 Å². The van der Waals surface area contributed by atoms with Gasteiger partial charge in [-0.2, -0.15) is 0 Å². The molecule has 1 aliphatic rings. The molecule has 2 aromatic rings. The second-order valence-electron chi connectivity index (χ2n) is 6.57. The van der Waals surface area contributed by atoms with Crippen molar-refractivity contribution in [1.82, 2.24) is 4.90 Å². The molecule has 1 aliphatic carbocycles. The number of nitrogens with one attached hydrogen (secondary N) is 1. The van der Waals surface area contributed by atoms with E-state index in [1.54, 1.807) is 31.4 Å². The lowest BCUT2D eigenvalue weighted by molar-refractivity contribution is -0.134. The topological polar surface area (TPSA) is 67.9 Å². The second kappa shape index (κ2) is 8.58. The number of hydrogen-bond acceptors (Lipinski definition) is 4. The maximum absolute atomic E-state index is 12.7. The first-order chi connectivity index (χ1) is 13.1. The number of anilines is 1. The lowest BCUT2D eigenvalue weighted by Crippen LogP contribution is -2.36. The molecule has 0 heterocycles. The highest BCUT2D eigenvalue weighted by Crippen LogP contribution is 2.29. The summed E-state index contributed by atoms with van der Waals surface area (Å²) < 4.78 is 10.9. The first-order valence-corrected chi connectivity index (χ1v) is 8.98. The van der Waals surface area contributed by atoms with Crippen molar-refractivity contribution in [3.8, 4) is 11.5 Å². The van der Waals surface area contributed by atoms with Crippen molar-refractivity contribution >= 4 is 17.5 Å².